The van der Waals surface area contributed by atoms with Crippen molar-refractivity contribution in [3.05, 3.63) is 42.2 Å². The maximum absolute atomic E-state index is 13.1. The first kappa shape index (κ1) is 17.3. The van der Waals surface area contributed by atoms with Gasteiger partial charge in [-0.15, -0.1) is 0 Å². The predicted molar refractivity (Wildman–Crippen MR) is 88.5 cm³/mol. The second-order valence-electron chi connectivity index (χ2n) is 6.08. The lowest BCUT2D eigenvalue weighted by Crippen LogP contribution is -2.26. The first-order valence-corrected chi connectivity index (χ1v) is 8.12. The van der Waals surface area contributed by atoms with Crippen molar-refractivity contribution < 1.29 is 18.0 Å². The Bertz CT molecular complexity index is 737. The second-order valence-corrected chi connectivity index (χ2v) is 6.08. The van der Waals surface area contributed by atoms with Gasteiger partial charge in [-0.2, -0.15) is 18.3 Å². The van der Waals surface area contributed by atoms with Gasteiger partial charge >= 0.3 is 6.18 Å². The molecule has 1 aromatic carbocycles. The molecule has 0 spiro atoms. The number of nitrogens with one attached hydrogen (secondary N) is 1. The van der Waals surface area contributed by atoms with Crippen molar-refractivity contribution >= 4 is 17.3 Å². The molecule has 1 saturated heterocycles. The Labute approximate surface area is 143 Å². The zero-order valence-electron chi connectivity index (χ0n) is 13.8. The summed E-state index contributed by atoms with van der Waals surface area (Å²) in [6.45, 7) is 3.18. The third kappa shape index (κ3) is 3.78. The number of amides is 1. The molecule has 1 fully saturated rings. The number of hydrogen-bond donors (Lipinski definition) is 1. The number of alkyl halides is 3. The molecule has 1 amide bonds. The van der Waals surface area contributed by atoms with E-state index < -0.39 is 23.7 Å². The molecule has 2 heterocycles. The molecule has 5 nitrogen and oxygen atoms in total. The Morgan fingerprint density at radius 3 is 2.60 bits per heavy atom. The maximum Gasteiger partial charge on any atom is 0.416 e. The van der Waals surface area contributed by atoms with Crippen molar-refractivity contribution in [3.63, 3.8) is 0 Å². The first-order chi connectivity index (χ1) is 11.9. The highest BCUT2D eigenvalue weighted by Gasteiger charge is 2.32. The predicted octanol–water partition coefficient (Wildman–Crippen LogP) is 3.70. The average molecular weight is 352 g/mol. The number of aromatic nitrogens is 2. The van der Waals surface area contributed by atoms with Crippen LogP contribution < -0.4 is 10.2 Å². The van der Waals surface area contributed by atoms with E-state index in [9.17, 15) is 18.0 Å². The van der Waals surface area contributed by atoms with Crippen molar-refractivity contribution in [3.8, 4) is 0 Å². The smallest absolute Gasteiger partial charge is 0.370 e. The van der Waals surface area contributed by atoms with Crippen LogP contribution in [-0.2, 0) is 11.0 Å². The molecular formula is C17H19F3N4O. The number of rotatable bonds is 4. The van der Waals surface area contributed by atoms with Crippen LogP contribution >= 0.6 is 0 Å². The van der Waals surface area contributed by atoms with Crippen molar-refractivity contribution in [2.75, 3.05) is 23.3 Å². The van der Waals surface area contributed by atoms with Gasteiger partial charge in [-0.05, 0) is 44.0 Å². The summed E-state index contributed by atoms with van der Waals surface area (Å²) >= 11 is 0. The van der Waals surface area contributed by atoms with Crippen molar-refractivity contribution in [1.82, 2.24) is 9.78 Å². The molecule has 134 valence electrons. The SMILES string of the molecule is CC(C(=O)Nc1cc(C(F)(F)F)ccc1N1CCCC1)n1cccn1. The van der Waals surface area contributed by atoms with Crippen LogP contribution in [0.25, 0.3) is 0 Å². The van der Waals surface area contributed by atoms with E-state index in [1.807, 2.05) is 4.90 Å². The standard InChI is InChI=1S/C17H19F3N4O/c1-12(24-10-4-7-21-24)16(25)22-14-11-13(17(18,19)20)5-6-15(14)23-8-2-3-9-23/h4-7,10-12H,2-3,8-9H2,1H3,(H,22,25). The van der Waals surface area contributed by atoms with Gasteiger partial charge in [-0.25, -0.2) is 0 Å². The molecule has 0 saturated carbocycles. The molecule has 2 aromatic rings. The molecule has 0 radical (unpaired) electrons. The van der Waals surface area contributed by atoms with E-state index in [0.29, 0.717) is 5.69 Å². The summed E-state index contributed by atoms with van der Waals surface area (Å²) in [5.74, 6) is -0.413. The normalized spacial score (nSPS) is 16.1. The van der Waals surface area contributed by atoms with Gasteiger partial charge in [-0.3, -0.25) is 9.48 Å². The molecule has 0 bridgehead atoms. The van der Waals surface area contributed by atoms with Crippen LogP contribution in [0.5, 0.6) is 0 Å². The highest BCUT2D eigenvalue weighted by atomic mass is 19.4. The Kier molecular flexibility index (Phi) is 4.69. The molecule has 25 heavy (non-hydrogen) atoms. The Hall–Kier alpha value is -2.51. The first-order valence-electron chi connectivity index (χ1n) is 8.12. The highest BCUT2D eigenvalue weighted by Crippen LogP contribution is 2.36. The minimum atomic E-state index is -4.46. The minimum absolute atomic E-state index is 0.181. The van der Waals surface area contributed by atoms with E-state index in [2.05, 4.69) is 10.4 Å². The second kappa shape index (κ2) is 6.78. The number of benzene rings is 1. The number of carbonyl (C=O) groups excluding carboxylic acids is 1. The fourth-order valence-corrected chi connectivity index (χ4v) is 2.91. The zero-order valence-corrected chi connectivity index (χ0v) is 13.8. The number of nitrogens with zero attached hydrogens (tertiary/aromatic N) is 3. The Morgan fingerprint density at radius 2 is 2.00 bits per heavy atom. The van der Waals surface area contributed by atoms with E-state index in [1.54, 1.807) is 25.4 Å². The number of hydrogen-bond acceptors (Lipinski definition) is 3. The molecule has 1 atom stereocenters. The number of carbonyl (C=O) groups is 1. The highest BCUT2D eigenvalue weighted by molar-refractivity contribution is 5.96. The third-order valence-electron chi connectivity index (χ3n) is 4.33. The lowest BCUT2D eigenvalue weighted by atomic mass is 10.1. The molecule has 0 aliphatic carbocycles. The van der Waals surface area contributed by atoms with Gasteiger partial charge < -0.3 is 10.2 Å². The molecule has 1 unspecified atom stereocenters. The van der Waals surface area contributed by atoms with Crippen LogP contribution in [0.4, 0.5) is 24.5 Å². The Balaban J connectivity index is 1.90. The molecule has 1 N–H and O–H groups in total. The lowest BCUT2D eigenvalue weighted by molar-refractivity contribution is -0.137. The molecule has 1 aromatic heterocycles. The molecule has 8 heteroatoms. The van der Waals surface area contributed by atoms with Gasteiger partial charge in [0.2, 0.25) is 5.91 Å². The third-order valence-corrected chi connectivity index (χ3v) is 4.33. The zero-order chi connectivity index (χ0) is 18.0. The number of anilines is 2. The maximum atomic E-state index is 13.1. The van der Waals surface area contributed by atoms with Crippen molar-refractivity contribution in [2.45, 2.75) is 32.0 Å². The lowest BCUT2D eigenvalue weighted by Gasteiger charge is -2.23. The van der Waals surface area contributed by atoms with Crippen LogP contribution in [0.3, 0.4) is 0 Å². The van der Waals surface area contributed by atoms with Gasteiger partial charge in [0.25, 0.3) is 0 Å². The average Bonchev–Trinajstić information content (AvgIpc) is 3.26. The number of halogens is 3. The summed E-state index contributed by atoms with van der Waals surface area (Å²) in [5.41, 5.74) is 0.0183. The largest absolute Gasteiger partial charge is 0.416 e. The monoisotopic (exact) mass is 352 g/mol. The van der Waals surface area contributed by atoms with E-state index in [0.717, 1.165) is 38.1 Å². The van der Waals surface area contributed by atoms with E-state index in [4.69, 9.17) is 0 Å². The molecule has 3 rings (SSSR count). The van der Waals surface area contributed by atoms with Gasteiger partial charge in [-0.1, -0.05) is 0 Å². The van der Waals surface area contributed by atoms with E-state index >= 15 is 0 Å². The van der Waals surface area contributed by atoms with Gasteiger partial charge in [0.05, 0.1) is 16.9 Å². The van der Waals surface area contributed by atoms with Crippen LogP contribution in [0.2, 0.25) is 0 Å². The van der Waals surface area contributed by atoms with Gasteiger partial charge in [0.15, 0.2) is 0 Å². The van der Waals surface area contributed by atoms with Gasteiger partial charge in [0, 0.05) is 25.5 Å². The minimum Gasteiger partial charge on any atom is -0.370 e. The van der Waals surface area contributed by atoms with Crippen LogP contribution in [0, 0.1) is 0 Å². The van der Waals surface area contributed by atoms with Crippen molar-refractivity contribution in [1.29, 1.82) is 0 Å². The summed E-state index contributed by atoms with van der Waals surface area (Å²) in [7, 11) is 0. The molecular weight excluding hydrogens is 333 g/mol. The van der Waals surface area contributed by atoms with E-state index in [-0.39, 0.29) is 5.69 Å². The van der Waals surface area contributed by atoms with E-state index in [1.165, 1.54) is 10.7 Å². The Morgan fingerprint density at radius 1 is 1.28 bits per heavy atom. The summed E-state index contributed by atoms with van der Waals surface area (Å²) < 4.78 is 40.6. The molecule has 1 aliphatic heterocycles. The van der Waals surface area contributed by atoms with Crippen molar-refractivity contribution in [2.24, 2.45) is 0 Å². The molecule has 1 aliphatic rings. The van der Waals surface area contributed by atoms with Crippen LogP contribution in [0.15, 0.2) is 36.7 Å². The fourth-order valence-electron chi connectivity index (χ4n) is 2.91. The summed E-state index contributed by atoms with van der Waals surface area (Å²) in [5, 5.41) is 6.65. The van der Waals surface area contributed by atoms with Crippen LogP contribution in [0.1, 0.15) is 31.4 Å². The summed E-state index contributed by atoms with van der Waals surface area (Å²) in [6, 6.07) is 4.55. The fraction of sp³-hybridized carbons (Fsp3) is 0.412. The summed E-state index contributed by atoms with van der Waals surface area (Å²) in [6.07, 6.45) is 0.689. The van der Waals surface area contributed by atoms with Crippen LogP contribution in [-0.4, -0.2) is 28.8 Å². The topological polar surface area (TPSA) is 50.2 Å². The quantitative estimate of drug-likeness (QED) is 0.913. The summed E-state index contributed by atoms with van der Waals surface area (Å²) in [4.78, 5) is 14.5. The van der Waals surface area contributed by atoms with Gasteiger partial charge in [0.1, 0.15) is 6.04 Å².